The minimum absolute atomic E-state index is 0.0232. The Hall–Kier alpha value is -0.420. The van der Waals surface area contributed by atoms with Crippen molar-refractivity contribution in [2.24, 2.45) is 11.7 Å². The van der Waals surface area contributed by atoms with Crippen molar-refractivity contribution in [3.63, 3.8) is 0 Å². The van der Waals surface area contributed by atoms with E-state index < -0.39 is 14.6 Å². The minimum atomic E-state index is -3.21. The Morgan fingerprint density at radius 1 is 1.22 bits per heavy atom. The third kappa shape index (κ3) is 3.79. The predicted octanol–water partition coefficient (Wildman–Crippen LogP) is 1.68. The molecule has 1 saturated carbocycles. The van der Waals surface area contributed by atoms with E-state index in [1.807, 2.05) is 0 Å². The van der Waals surface area contributed by atoms with Crippen LogP contribution >= 0.6 is 0 Å². The van der Waals surface area contributed by atoms with Crippen molar-refractivity contribution in [2.75, 3.05) is 5.75 Å². The molecule has 0 aliphatic heterocycles. The zero-order valence-corrected chi connectivity index (χ0v) is 12.4. The molecule has 4 nitrogen and oxygen atoms in total. The first kappa shape index (κ1) is 15.6. The molecular weight excluding hydrogens is 250 g/mol. The highest BCUT2D eigenvalue weighted by Gasteiger charge is 2.32. The molecule has 0 spiro atoms. The van der Waals surface area contributed by atoms with E-state index in [0.29, 0.717) is 0 Å². The van der Waals surface area contributed by atoms with Gasteiger partial charge in [-0.3, -0.25) is 4.79 Å². The number of carbonyl (C=O) groups excluding carboxylic acids is 1. The third-order valence-corrected chi connectivity index (χ3v) is 6.39. The fourth-order valence-corrected chi connectivity index (χ4v) is 3.37. The molecule has 2 unspecified atom stereocenters. The van der Waals surface area contributed by atoms with Crippen LogP contribution < -0.4 is 5.73 Å². The summed E-state index contributed by atoms with van der Waals surface area (Å²) in [5.74, 6) is -0.164. The standard InChI is InChI=1S/C13H25NO3S/c1-13(2,3)18(16,17)9-8-12(15)10-6-4-5-7-11(10)14/h10-11H,4-9,14H2,1-3H3. The first-order chi connectivity index (χ1) is 8.15. The van der Waals surface area contributed by atoms with Crippen LogP contribution in [0.3, 0.4) is 0 Å². The molecule has 0 saturated heterocycles. The maximum Gasteiger partial charge on any atom is 0.155 e. The lowest BCUT2D eigenvalue weighted by Crippen LogP contribution is -2.39. The van der Waals surface area contributed by atoms with Gasteiger partial charge in [0.1, 0.15) is 5.78 Å². The van der Waals surface area contributed by atoms with E-state index in [-0.39, 0.29) is 29.9 Å². The van der Waals surface area contributed by atoms with Crippen LogP contribution in [-0.4, -0.2) is 30.7 Å². The summed E-state index contributed by atoms with van der Waals surface area (Å²) in [5.41, 5.74) is 5.93. The second-order valence-corrected chi connectivity index (χ2v) is 9.06. The van der Waals surface area contributed by atoms with E-state index in [1.165, 1.54) is 0 Å². The van der Waals surface area contributed by atoms with Gasteiger partial charge in [-0.25, -0.2) is 8.42 Å². The minimum Gasteiger partial charge on any atom is -0.327 e. The van der Waals surface area contributed by atoms with Gasteiger partial charge in [0.15, 0.2) is 9.84 Å². The van der Waals surface area contributed by atoms with Crippen molar-refractivity contribution in [1.29, 1.82) is 0 Å². The second-order valence-electron chi connectivity index (χ2n) is 6.20. The van der Waals surface area contributed by atoms with E-state index in [2.05, 4.69) is 0 Å². The molecule has 1 fully saturated rings. The summed E-state index contributed by atoms with van der Waals surface area (Å²) in [7, 11) is -3.21. The smallest absolute Gasteiger partial charge is 0.155 e. The van der Waals surface area contributed by atoms with Crippen molar-refractivity contribution in [3.05, 3.63) is 0 Å². The number of hydrogen-bond acceptors (Lipinski definition) is 4. The molecule has 1 aliphatic rings. The second kappa shape index (κ2) is 5.70. The van der Waals surface area contributed by atoms with Crippen LogP contribution in [0.2, 0.25) is 0 Å². The summed E-state index contributed by atoms with van der Waals surface area (Å²) in [6.07, 6.45) is 3.90. The molecule has 2 N–H and O–H groups in total. The van der Waals surface area contributed by atoms with Crippen LogP contribution in [0.15, 0.2) is 0 Å². The summed E-state index contributed by atoms with van der Waals surface area (Å²) in [4.78, 5) is 12.0. The van der Waals surface area contributed by atoms with Crippen LogP contribution in [0.25, 0.3) is 0 Å². The van der Waals surface area contributed by atoms with Gasteiger partial charge in [0.25, 0.3) is 0 Å². The zero-order valence-electron chi connectivity index (χ0n) is 11.6. The Labute approximate surface area is 110 Å². The van der Waals surface area contributed by atoms with E-state index in [9.17, 15) is 13.2 Å². The summed E-state index contributed by atoms with van der Waals surface area (Å²) >= 11 is 0. The van der Waals surface area contributed by atoms with Gasteiger partial charge in [0.2, 0.25) is 0 Å². The molecule has 0 bridgehead atoms. The van der Waals surface area contributed by atoms with Gasteiger partial charge in [-0.15, -0.1) is 0 Å². The number of hydrogen-bond donors (Lipinski definition) is 1. The van der Waals surface area contributed by atoms with Gasteiger partial charge in [-0.2, -0.15) is 0 Å². The molecule has 0 aromatic rings. The zero-order chi connectivity index (χ0) is 14.0. The SMILES string of the molecule is CC(C)(C)S(=O)(=O)CCC(=O)C1CCCCC1N. The van der Waals surface area contributed by atoms with Gasteiger partial charge in [-0.1, -0.05) is 12.8 Å². The Morgan fingerprint density at radius 2 is 1.78 bits per heavy atom. The van der Waals surface area contributed by atoms with Crippen LogP contribution in [0, 0.1) is 5.92 Å². The number of nitrogens with two attached hydrogens (primary N) is 1. The average molecular weight is 275 g/mol. The fourth-order valence-electron chi connectivity index (χ4n) is 2.29. The predicted molar refractivity (Wildman–Crippen MR) is 73.1 cm³/mol. The molecule has 1 rings (SSSR count). The topological polar surface area (TPSA) is 77.2 Å². The number of carbonyl (C=O) groups is 1. The van der Waals surface area contributed by atoms with E-state index >= 15 is 0 Å². The molecule has 1 aliphatic carbocycles. The Bertz CT molecular complexity index is 395. The third-order valence-electron chi connectivity index (χ3n) is 3.78. The van der Waals surface area contributed by atoms with Gasteiger partial charge < -0.3 is 5.73 Å². The van der Waals surface area contributed by atoms with E-state index in [4.69, 9.17) is 5.73 Å². The van der Waals surface area contributed by atoms with Crippen molar-refractivity contribution < 1.29 is 13.2 Å². The summed E-state index contributed by atoms with van der Waals surface area (Å²) < 4.78 is 23.1. The van der Waals surface area contributed by atoms with Gasteiger partial charge >= 0.3 is 0 Å². The molecule has 0 aromatic heterocycles. The number of sulfone groups is 1. The highest BCUT2D eigenvalue weighted by molar-refractivity contribution is 7.92. The monoisotopic (exact) mass is 275 g/mol. The average Bonchev–Trinajstić information content (AvgIpc) is 2.25. The number of Topliss-reactive ketones (excluding diaryl/α,β-unsaturated/α-hetero) is 1. The van der Waals surface area contributed by atoms with Crippen molar-refractivity contribution in [3.8, 4) is 0 Å². The molecule has 0 heterocycles. The lowest BCUT2D eigenvalue weighted by Gasteiger charge is -2.27. The first-order valence-electron chi connectivity index (χ1n) is 6.66. The molecular formula is C13H25NO3S. The number of rotatable bonds is 4. The molecule has 0 aromatic carbocycles. The van der Waals surface area contributed by atoms with Gasteiger partial charge in [0, 0.05) is 18.4 Å². The summed E-state index contributed by atoms with van der Waals surface area (Å²) in [5, 5.41) is 0. The van der Waals surface area contributed by atoms with Crippen molar-refractivity contribution in [2.45, 2.75) is 63.7 Å². The largest absolute Gasteiger partial charge is 0.327 e. The van der Waals surface area contributed by atoms with Gasteiger partial charge in [0.05, 0.1) is 10.5 Å². The highest BCUT2D eigenvalue weighted by atomic mass is 32.2. The molecule has 18 heavy (non-hydrogen) atoms. The summed E-state index contributed by atoms with van der Waals surface area (Å²) in [6.45, 7) is 5.00. The van der Waals surface area contributed by atoms with Crippen molar-refractivity contribution >= 4 is 15.6 Å². The lowest BCUT2D eigenvalue weighted by molar-refractivity contribution is -0.123. The normalized spacial score (nSPS) is 26.0. The fraction of sp³-hybridized carbons (Fsp3) is 0.923. The molecule has 0 amide bonds. The summed E-state index contributed by atoms with van der Waals surface area (Å²) in [6, 6.07) is -0.0800. The Kier molecular flexibility index (Phi) is 4.95. The van der Waals surface area contributed by atoms with E-state index in [1.54, 1.807) is 20.8 Å². The maximum atomic E-state index is 12.0. The highest BCUT2D eigenvalue weighted by Crippen LogP contribution is 2.25. The van der Waals surface area contributed by atoms with E-state index in [0.717, 1.165) is 25.7 Å². The van der Waals surface area contributed by atoms with Crippen molar-refractivity contribution in [1.82, 2.24) is 0 Å². The van der Waals surface area contributed by atoms with Crippen LogP contribution in [0.1, 0.15) is 52.9 Å². The molecule has 0 radical (unpaired) electrons. The van der Waals surface area contributed by atoms with Crippen LogP contribution in [0.4, 0.5) is 0 Å². The van der Waals surface area contributed by atoms with Crippen LogP contribution in [-0.2, 0) is 14.6 Å². The lowest BCUT2D eigenvalue weighted by atomic mass is 9.81. The Balaban J connectivity index is 2.56. The Morgan fingerprint density at radius 3 is 2.28 bits per heavy atom. The maximum absolute atomic E-state index is 12.0. The molecule has 106 valence electrons. The quantitative estimate of drug-likeness (QED) is 0.846. The van der Waals surface area contributed by atoms with Crippen LogP contribution in [0.5, 0.6) is 0 Å². The number of ketones is 1. The van der Waals surface area contributed by atoms with Gasteiger partial charge in [-0.05, 0) is 33.6 Å². The molecule has 5 heteroatoms. The first-order valence-corrected chi connectivity index (χ1v) is 8.31. The molecule has 2 atom stereocenters.